The lowest BCUT2D eigenvalue weighted by molar-refractivity contribution is -0.249. The summed E-state index contributed by atoms with van der Waals surface area (Å²) in [4.78, 5) is 0. The smallest absolute Gasteiger partial charge is 0.183 e. The van der Waals surface area contributed by atoms with E-state index in [-0.39, 0.29) is 18.1 Å². The molecule has 0 aromatic rings. The fourth-order valence-corrected chi connectivity index (χ4v) is 1.54. The number of rotatable bonds is 2. The minimum absolute atomic E-state index is 0.0845. The van der Waals surface area contributed by atoms with E-state index in [1.807, 2.05) is 6.92 Å². The summed E-state index contributed by atoms with van der Waals surface area (Å²) >= 11 is 0. The molecular formula is C8H16O4. The van der Waals surface area contributed by atoms with Crippen molar-refractivity contribution in [3.8, 4) is 0 Å². The number of aliphatic hydroxyl groups is 1. The van der Waals surface area contributed by atoms with Crippen LogP contribution in [0.3, 0.4) is 0 Å². The van der Waals surface area contributed by atoms with Gasteiger partial charge in [-0.05, 0) is 0 Å². The van der Waals surface area contributed by atoms with E-state index in [4.69, 9.17) is 14.2 Å². The van der Waals surface area contributed by atoms with Crippen LogP contribution in [-0.4, -0.2) is 44.4 Å². The maximum absolute atomic E-state index is 9.36. The van der Waals surface area contributed by atoms with Crippen LogP contribution in [0.5, 0.6) is 0 Å². The second-order valence-corrected chi connectivity index (χ2v) is 3.10. The van der Waals surface area contributed by atoms with Crippen LogP contribution in [0.1, 0.15) is 6.92 Å². The second-order valence-electron chi connectivity index (χ2n) is 3.10. The van der Waals surface area contributed by atoms with Crippen molar-refractivity contribution < 1.29 is 19.3 Å². The molecule has 0 saturated carbocycles. The Kier molecular flexibility index (Phi) is 3.46. The monoisotopic (exact) mass is 176 g/mol. The molecule has 1 saturated heterocycles. The number of methoxy groups -OCH3 is 2. The highest BCUT2D eigenvalue weighted by Crippen LogP contribution is 2.22. The molecule has 4 nitrogen and oxygen atoms in total. The quantitative estimate of drug-likeness (QED) is 0.643. The van der Waals surface area contributed by atoms with Crippen LogP contribution < -0.4 is 0 Å². The van der Waals surface area contributed by atoms with Gasteiger partial charge in [0.05, 0.1) is 12.7 Å². The van der Waals surface area contributed by atoms with E-state index in [0.29, 0.717) is 6.61 Å². The van der Waals surface area contributed by atoms with Gasteiger partial charge in [0.2, 0.25) is 0 Å². The van der Waals surface area contributed by atoms with Gasteiger partial charge >= 0.3 is 0 Å². The van der Waals surface area contributed by atoms with Crippen LogP contribution in [0.25, 0.3) is 0 Å². The van der Waals surface area contributed by atoms with Crippen LogP contribution in [0.15, 0.2) is 0 Å². The van der Waals surface area contributed by atoms with Gasteiger partial charge in [-0.15, -0.1) is 0 Å². The van der Waals surface area contributed by atoms with Crippen molar-refractivity contribution in [2.75, 3.05) is 20.8 Å². The molecule has 0 spiro atoms. The summed E-state index contributed by atoms with van der Waals surface area (Å²) in [5, 5.41) is 9.36. The van der Waals surface area contributed by atoms with E-state index in [9.17, 15) is 5.11 Å². The maximum Gasteiger partial charge on any atom is 0.183 e. The first kappa shape index (κ1) is 9.92. The third-order valence-corrected chi connectivity index (χ3v) is 2.24. The van der Waals surface area contributed by atoms with Crippen molar-refractivity contribution in [2.45, 2.75) is 25.4 Å². The van der Waals surface area contributed by atoms with Gasteiger partial charge in [0.1, 0.15) is 6.10 Å². The molecule has 1 fully saturated rings. The standard InChI is InChI=1S/C8H16O4/c1-5-4-12-8(9)7(11-3)6(5)10-2/h5-9H,4H2,1-3H3/t5-,6?,7-,8-/m1/s1. The van der Waals surface area contributed by atoms with Crippen LogP contribution in [-0.2, 0) is 14.2 Å². The summed E-state index contributed by atoms with van der Waals surface area (Å²) in [6.45, 7) is 2.52. The van der Waals surface area contributed by atoms with Crippen LogP contribution in [0.2, 0.25) is 0 Å². The Hall–Kier alpha value is -0.160. The third kappa shape index (κ3) is 1.77. The Balaban J connectivity index is 2.61. The van der Waals surface area contributed by atoms with Crippen LogP contribution >= 0.6 is 0 Å². The van der Waals surface area contributed by atoms with Gasteiger partial charge in [-0.2, -0.15) is 0 Å². The van der Waals surface area contributed by atoms with Gasteiger partial charge in [0.15, 0.2) is 6.29 Å². The van der Waals surface area contributed by atoms with Crippen molar-refractivity contribution in [2.24, 2.45) is 5.92 Å². The van der Waals surface area contributed by atoms with Gasteiger partial charge < -0.3 is 19.3 Å². The Morgan fingerprint density at radius 2 is 1.83 bits per heavy atom. The zero-order valence-corrected chi connectivity index (χ0v) is 7.69. The maximum atomic E-state index is 9.36. The minimum atomic E-state index is -0.865. The molecule has 4 heteroatoms. The molecule has 1 aliphatic rings. The Morgan fingerprint density at radius 1 is 1.25 bits per heavy atom. The third-order valence-electron chi connectivity index (χ3n) is 2.24. The summed E-state index contributed by atoms with van der Waals surface area (Å²) < 4.78 is 15.4. The molecule has 0 aromatic heterocycles. The Labute approximate surface area is 72.4 Å². The predicted octanol–water partition coefficient (Wildman–Crippen LogP) is 0.00110. The van der Waals surface area contributed by atoms with E-state index in [1.165, 1.54) is 0 Å². The highest BCUT2D eigenvalue weighted by atomic mass is 16.6. The fourth-order valence-electron chi connectivity index (χ4n) is 1.54. The molecule has 1 aliphatic heterocycles. The summed E-state index contributed by atoms with van der Waals surface area (Å²) in [7, 11) is 3.16. The first-order chi connectivity index (χ1) is 5.70. The van der Waals surface area contributed by atoms with Gasteiger partial charge in [0, 0.05) is 20.1 Å². The summed E-state index contributed by atoms with van der Waals surface area (Å²) in [5.41, 5.74) is 0. The largest absolute Gasteiger partial charge is 0.378 e. The van der Waals surface area contributed by atoms with Crippen LogP contribution in [0.4, 0.5) is 0 Å². The molecule has 4 atom stereocenters. The summed E-state index contributed by atoms with van der Waals surface area (Å²) in [6, 6.07) is 0. The molecule has 1 unspecified atom stereocenters. The lowest BCUT2D eigenvalue weighted by Crippen LogP contribution is -2.50. The Bertz CT molecular complexity index is 123. The first-order valence-electron chi connectivity index (χ1n) is 4.06. The summed E-state index contributed by atoms with van der Waals surface area (Å²) in [6.07, 6.45) is -1.33. The molecule has 0 aromatic carbocycles. The molecule has 1 N–H and O–H groups in total. The SMILES string of the molecule is COC1[C@H](C)CO[C@@H](O)[C@@H]1OC. The molecule has 0 amide bonds. The number of ether oxygens (including phenoxy) is 3. The van der Waals surface area contributed by atoms with E-state index in [2.05, 4.69) is 0 Å². The summed E-state index contributed by atoms with van der Waals surface area (Å²) in [5.74, 6) is 0.253. The number of hydrogen-bond donors (Lipinski definition) is 1. The van der Waals surface area contributed by atoms with E-state index in [0.717, 1.165) is 0 Å². The van der Waals surface area contributed by atoms with Gasteiger partial charge in [-0.25, -0.2) is 0 Å². The molecular weight excluding hydrogens is 160 g/mol. The predicted molar refractivity (Wildman–Crippen MR) is 42.7 cm³/mol. The minimum Gasteiger partial charge on any atom is -0.378 e. The normalized spacial score (nSPS) is 43.0. The zero-order valence-electron chi connectivity index (χ0n) is 7.69. The van der Waals surface area contributed by atoms with Gasteiger partial charge in [-0.3, -0.25) is 0 Å². The average molecular weight is 176 g/mol. The highest BCUT2D eigenvalue weighted by Gasteiger charge is 2.37. The van der Waals surface area contributed by atoms with Crippen molar-refractivity contribution in [1.82, 2.24) is 0 Å². The highest BCUT2D eigenvalue weighted by molar-refractivity contribution is 4.82. The molecule has 12 heavy (non-hydrogen) atoms. The van der Waals surface area contributed by atoms with Gasteiger partial charge in [-0.1, -0.05) is 6.92 Å². The van der Waals surface area contributed by atoms with Gasteiger partial charge in [0.25, 0.3) is 0 Å². The number of hydrogen-bond acceptors (Lipinski definition) is 4. The number of aliphatic hydroxyl groups excluding tert-OH is 1. The van der Waals surface area contributed by atoms with Crippen molar-refractivity contribution in [3.05, 3.63) is 0 Å². The Morgan fingerprint density at radius 3 is 2.25 bits per heavy atom. The lowest BCUT2D eigenvalue weighted by atomic mass is 9.97. The first-order valence-corrected chi connectivity index (χ1v) is 4.06. The molecule has 0 bridgehead atoms. The van der Waals surface area contributed by atoms with Crippen molar-refractivity contribution in [3.63, 3.8) is 0 Å². The van der Waals surface area contributed by atoms with Crippen molar-refractivity contribution in [1.29, 1.82) is 0 Å². The van der Waals surface area contributed by atoms with E-state index in [1.54, 1.807) is 14.2 Å². The molecule has 1 heterocycles. The van der Waals surface area contributed by atoms with E-state index >= 15 is 0 Å². The molecule has 0 aliphatic carbocycles. The lowest BCUT2D eigenvalue weighted by Gasteiger charge is -2.37. The topological polar surface area (TPSA) is 47.9 Å². The fraction of sp³-hybridized carbons (Fsp3) is 1.00. The average Bonchev–Trinajstić information content (AvgIpc) is 2.08. The molecule has 72 valence electrons. The zero-order chi connectivity index (χ0) is 9.14. The van der Waals surface area contributed by atoms with Crippen LogP contribution in [0, 0.1) is 5.92 Å². The molecule has 1 rings (SSSR count). The van der Waals surface area contributed by atoms with Crippen molar-refractivity contribution >= 4 is 0 Å². The van der Waals surface area contributed by atoms with E-state index < -0.39 is 6.29 Å². The second kappa shape index (κ2) is 4.18. The molecule has 0 radical (unpaired) electrons.